The van der Waals surface area contributed by atoms with Crippen molar-refractivity contribution >= 4 is 10.0 Å². The number of sulfonamides is 1. The van der Waals surface area contributed by atoms with Crippen LogP contribution in [0, 0.1) is 0 Å². The summed E-state index contributed by atoms with van der Waals surface area (Å²) in [5.41, 5.74) is 0.949. The molecule has 1 unspecified atom stereocenters. The molecule has 6 heteroatoms. The number of ether oxygens (including phenoxy) is 1. The van der Waals surface area contributed by atoms with Crippen molar-refractivity contribution < 1.29 is 13.2 Å². The molecule has 1 aliphatic heterocycles. The van der Waals surface area contributed by atoms with Gasteiger partial charge < -0.3 is 9.72 Å². The standard InChI is InChI=1S/C15H18N2O3S/c1-20-12-6-8-13(9-7-12)21(18,19)17-11-3-5-15(17)14-4-2-10-16-14/h2,4,6-10,15-16H,3,5,11H2,1H3. The molecule has 1 aliphatic rings. The first kappa shape index (κ1) is 14.2. The minimum atomic E-state index is -3.48. The van der Waals surface area contributed by atoms with Gasteiger partial charge >= 0.3 is 0 Å². The Morgan fingerprint density at radius 1 is 1.24 bits per heavy atom. The van der Waals surface area contributed by atoms with E-state index >= 15 is 0 Å². The Balaban J connectivity index is 1.93. The summed E-state index contributed by atoms with van der Waals surface area (Å²) in [6.45, 7) is 0.554. The Morgan fingerprint density at radius 3 is 2.62 bits per heavy atom. The third-order valence-electron chi connectivity index (χ3n) is 3.85. The van der Waals surface area contributed by atoms with E-state index in [0.29, 0.717) is 17.2 Å². The third-order valence-corrected chi connectivity index (χ3v) is 5.77. The van der Waals surface area contributed by atoms with Crippen molar-refractivity contribution in [1.29, 1.82) is 0 Å². The first-order valence-electron chi connectivity index (χ1n) is 6.92. The molecular weight excluding hydrogens is 288 g/mol. The van der Waals surface area contributed by atoms with Crippen LogP contribution in [0.5, 0.6) is 5.75 Å². The third kappa shape index (κ3) is 2.56. The Hall–Kier alpha value is -1.79. The Morgan fingerprint density at radius 2 is 2.00 bits per heavy atom. The average Bonchev–Trinajstić information content (AvgIpc) is 3.17. The molecule has 0 spiro atoms. The van der Waals surface area contributed by atoms with Crippen molar-refractivity contribution in [1.82, 2.24) is 9.29 Å². The van der Waals surface area contributed by atoms with Gasteiger partial charge in [-0.15, -0.1) is 0 Å². The van der Waals surface area contributed by atoms with Crippen LogP contribution in [0.2, 0.25) is 0 Å². The molecule has 1 atom stereocenters. The molecular formula is C15H18N2O3S. The van der Waals surface area contributed by atoms with Gasteiger partial charge in [0.25, 0.3) is 0 Å². The predicted octanol–water partition coefficient (Wildman–Crippen LogP) is 2.55. The highest BCUT2D eigenvalue weighted by molar-refractivity contribution is 7.89. The van der Waals surface area contributed by atoms with Crippen molar-refractivity contribution in [3.05, 3.63) is 48.3 Å². The maximum Gasteiger partial charge on any atom is 0.243 e. The maximum atomic E-state index is 12.8. The SMILES string of the molecule is COc1ccc(S(=O)(=O)N2CCCC2c2ccc[nH]2)cc1. The number of nitrogens with one attached hydrogen (secondary N) is 1. The van der Waals surface area contributed by atoms with Gasteiger partial charge in [0.1, 0.15) is 5.75 Å². The van der Waals surface area contributed by atoms with Crippen LogP contribution in [0.4, 0.5) is 0 Å². The summed E-state index contributed by atoms with van der Waals surface area (Å²) >= 11 is 0. The second-order valence-corrected chi connectivity index (χ2v) is 6.97. The van der Waals surface area contributed by atoms with Crippen molar-refractivity contribution in [2.24, 2.45) is 0 Å². The number of nitrogens with zero attached hydrogens (tertiary/aromatic N) is 1. The number of aromatic nitrogens is 1. The smallest absolute Gasteiger partial charge is 0.243 e. The number of methoxy groups -OCH3 is 1. The topological polar surface area (TPSA) is 62.4 Å². The fourth-order valence-electron chi connectivity index (χ4n) is 2.77. The van der Waals surface area contributed by atoms with Crippen LogP contribution in [0.1, 0.15) is 24.6 Å². The van der Waals surface area contributed by atoms with Gasteiger partial charge in [0.2, 0.25) is 10.0 Å². The molecule has 0 bridgehead atoms. The summed E-state index contributed by atoms with van der Waals surface area (Å²) < 4.78 is 32.3. The molecule has 1 N–H and O–H groups in total. The fourth-order valence-corrected chi connectivity index (χ4v) is 4.45. The highest BCUT2D eigenvalue weighted by Crippen LogP contribution is 2.35. The molecule has 2 heterocycles. The summed E-state index contributed by atoms with van der Waals surface area (Å²) in [6.07, 6.45) is 3.54. The highest BCUT2D eigenvalue weighted by atomic mass is 32.2. The lowest BCUT2D eigenvalue weighted by Crippen LogP contribution is -2.30. The molecule has 0 radical (unpaired) electrons. The van der Waals surface area contributed by atoms with E-state index in [2.05, 4.69) is 4.98 Å². The monoisotopic (exact) mass is 306 g/mol. The molecule has 112 valence electrons. The van der Waals surface area contributed by atoms with Crippen molar-refractivity contribution in [2.45, 2.75) is 23.8 Å². The van der Waals surface area contributed by atoms with Gasteiger partial charge in [-0.05, 0) is 49.2 Å². The van der Waals surface area contributed by atoms with Gasteiger partial charge in [-0.25, -0.2) is 8.42 Å². The average molecular weight is 306 g/mol. The quantitative estimate of drug-likeness (QED) is 0.944. The largest absolute Gasteiger partial charge is 0.497 e. The molecule has 1 fully saturated rings. The second kappa shape index (κ2) is 5.54. The lowest BCUT2D eigenvalue weighted by Gasteiger charge is -2.23. The molecule has 3 rings (SSSR count). The lowest BCUT2D eigenvalue weighted by atomic mass is 10.2. The van der Waals surface area contributed by atoms with Crippen LogP contribution < -0.4 is 4.74 Å². The van der Waals surface area contributed by atoms with E-state index in [9.17, 15) is 8.42 Å². The minimum Gasteiger partial charge on any atom is -0.497 e. The summed E-state index contributed by atoms with van der Waals surface area (Å²) in [5.74, 6) is 0.649. The first-order valence-corrected chi connectivity index (χ1v) is 8.36. The van der Waals surface area contributed by atoms with Crippen LogP contribution in [0.25, 0.3) is 0 Å². The Kier molecular flexibility index (Phi) is 3.73. The first-order chi connectivity index (χ1) is 10.1. The van der Waals surface area contributed by atoms with Crippen LogP contribution >= 0.6 is 0 Å². The van der Waals surface area contributed by atoms with Gasteiger partial charge in [0.05, 0.1) is 18.0 Å². The molecule has 0 saturated carbocycles. The molecule has 1 aromatic heterocycles. The van der Waals surface area contributed by atoms with Crippen molar-refractivity contribution in [2.75, 3.05) is 13.7 Å². The lowest BCUT2D eigenvalue weighted by molar-refractivity contribution is 0.391. The fraction of sp³-hybridized carbons (Fsp3) is 0.333. The number of rotatable bonds is 4. The van der Waals surface area contributed by atoms with Crippen LogP contribution in [-0.4, -0.2) is 31.4 Å². The summed E-state index contributed by atoms with van der Waals surface area (Å²) in [5, 5.41) is 0. The van der Waals surface area contributed by atoms with Crippen LogP contribution in [0.3, 0.4) is 0 Å². The molecule has 1 aromatic carbocycles. The van der Waals surface area contributed by atoms with E-state index in [-0.39, 0.29) is 6.04 Å². The van der Waals surface area contributed by atoms with Gasteiger partial charge in [-0.2, -0.15) is 4.31 Å². The van der Waals surface area contributed by atoms with Gasteiger partial charge in [0.15, 0.2) is 0 Å². The van der Waals surface area contributed by atoms with E-state index < -0.39 is 10.0 Å². The zero-order valence-corrected chi connectivity index (χ0v) is 12.6. The number of benzene rings is 1. The van der Waals surface area contributed by atoms with Crippen LogP contribution in [-0.2, 0) is 10.0 Å². The molecule has 5 nitrogen and oxygen atoms in total. The van der Waals surface area contributed by atoms with Gasteiger partial charge in [0, 0.05) is 18.4 Å². The normalized spacial score (nSPS) is 19.8. The Labute approximate surface area is 124 Å². The van der Waals surface area contributed by atoms with E-state index in [1.807, 2.05) is 18.3 Å². The molecule has 0 aliphatic carbocycles. The van der Waals surface area contributed by atoms with E-state index in [1.165, 1.54) is 0 Å². The van der Waals surface area contributed by atoms with E-state index in [0.717, 1.165) is 18.5 Å². The van der Waals surface area contributed by atoms with Crippen molar-refractivity contribution in [3.8, 4) is 5.75 Å². The summed E-state index contributed by atoms with van der Waals surface area (Å²) in [4.78, 5) is 3.43. The highest BCUT2D eigenvalue weighted by Gasteiger charge is 2.36. The zero-order chi connectivity index (χ0) is 14.9. The number of aromatic amines is 1. The molecule has 21 heavy (non-hydrogen) atoms. The number of H-pyrrole nitrogens is 1. The van der Waals surface area contributed by atoms with Gasteiger partial charge in [-0.1, -0.05) is 0 Å². The maximum absolute atomic E-state index is 12.8. The Bertz CT molecular complexity index is 693. The molecule has 2 aromatic rings. The number of hydrogen-bond donors (Lipinski definition) is 1. The zero-order valence-electron chi connectivity index (χ0n) is 11.8. The summed E-state index contributed by atoms with van der Waals surface area (Å²) in [7, 11) is -1.92. The second-order valence-electron chi connectivity index (χ2n) is 5.07. The van der Waals surface area contributed by atoms with E-state index in [4.69, 9.17) is 4.74 Å². The number of hydrogen-bond acceptors (Lipinski definition) is 3. The predicted molar refractivity (Wildman–Crippen MR) is 79.7 cm³/mol. The molecule has 0 amide bonds. The molecule has 1 saturated heterocycles. The minimum absolute atomic E-state index is 0.105. The van der Waals surface area contributed by atoms with E-state index in [1.54, 1.807) is 35.7 Å². The van der Waals surface area contributed by atoms with Gasteiger partial charge in [-0.3, -0.25) is 0 Å². The summed E-state index contributed by atoms with van der Waals surface area (Å²) in [6, 6.07) is 10.3. The van der Waals surface area contributed by atoms with Crippen molar-refractivity contribution in [3.63, 3.8) is 0 Å². The van der Waals surface area contributed by atoms with Crippen LogP contribution in [0.15, 0.2) is 47.5 Å².